The summed E-state index contributed by atoms with van der Waals surface area (Å²) in [5.41, 5.74) is 7.87. The summed E-state index contributed by atoms with van der Waals surface area (Å²) in [4.78, 5) is 12.6. The first-order chi connectivity index (χ1) is 14.0. The quantitative estimate of drug-likeness (QED) is 0.620. The number of rotatable bonds is 6. The standard InChI is InChI=1S/C19H22N6O3S/c20-17-6-5-16-18(22-13-23-19(16)24-17)21-11-14-3-1-2-4-15(14)12-29(26,27)25-7-9-28-10-8-25/h1-6,13H,7-12H2,(H3,20,21,22,23,24). The number of nitrogens with one attached hydrogen (secondary N) is 1. The van der Waals surface area contributed by atoms with Crippen LogP contribution in [0.1, 0.15) is 11.1 Å². The molecule has 0 unspecified atom stereocenters. The molecule has 1 saturated heterocycles. The molecule has 2 aromatic heterocycles. The maximum absolute atomic E-state index is 12.8. The van der Waals surface area contributed by atoms with Crippen molar-refractivity contribution in [1.82, 2.24) is 19.3 Å². The second-order valence-corrected chi connectivity index (χ2v) is 8.69. The van der Waals surface area contributed by atoms with Gasteiger partial charge in [-0.3, -0.25) is 0 Å². The largest absolute Gasteiger partial charge is 0.384 e. The van der Waals surface area contributed by atoms with Crippen LogP contribution < -0.4 is 11.1 Å². The number of morpholine rings is 1. The molecule has 10 heteroatoms. The van der Waals surface area contributed by atoms with E-state index in [1.807, 2.05) is 30.3 Å². The summed E-state index contributed by atoms with van der Waals surface area (Å²) in [5, 5.41) is 4.02. The zero-order valence-electron chi connectivity index (χ0n) is 15.8. The highest BCUT2D eigenvalue weighted by atomic mass is 32.2. The zero-order valence-corrected chi connectivity index (χ0v) is 16.6. The van der Waals surface area contributed by atoms with Gasteiger partial charge in [0, 0.05) is 19.6 Å². The van der Waals surface area contributed by atoms with E-state index in [0.717, 1.165) is 16.5 Å². The van der Waals surface area contributed by atoms with E-state index in [4.69, 9.17) is 10.5 Å². The van der Waals surface area contributed by atoms with Crippen LogP contribution in [-0.2, 0) is 27.1 Å². The number of hydrogen-bond donors (Lipinski definition) is 2. The lowest BCUT2D eigenvalue weighted by atomic mass is 10.1. The molecule has 152 valence electrons. The molecular weight excluding hydrogens is 392 g/mol. The van der Waals surface area contributed by atoms with Crippen LogP contribution in [0.2, 0.25) is 0 Å². The molecule has 0 bridgehead atoms. The number of anilines is 2. The van der Waals surface area contributed by atoms with Crippen LogP contribution in [-0.4, -0.2) is 54.0 Å². The van der Waals surface area contributed by atoms with E-state index in [2.05, 4.69) is 20.3 Å². The van der Waals surface area contributed by atoms with Crippen LogP contribution in [0, 0.1) is 0 Å². The number of nitrogens with two attached hydrogens (primary N) is 1. The normalized spacial score (nSPS) is 15.4. The summed E-state index contributed by atoms with van der Waals surface area (Å²) in [6, 6.07) is 11.0. The van der Waals surface area contributed by atoms with E-state index in [0.29, 0.717) is 50.1 Å². The third-order valence-corrected chi connectivity index (χ3v) is 6.61. The predicted octanol–water partition coefficient (Wildman–Crippen LogP) is 1.38. The average molecular weight is 414 g/mol. The molecular formula is C19H22N6O3S. The van der Waals surface area contributed by atoms with Crippen molar-refractivity contribution in [2.75, 3.05) is 37.4 Å². The second-order valence-electron chi connectivity index (χ2n) is 6.72. The first kappa shape index (κ1) is 19.5. The summed E-state index contributed by atoms with van der Waals surface area (Å²) in [6.07, 6.45) is 1.42. The van der Waals surface area contributed by atoms with Crippen molar-refractivity contribution in [3.8, 4) is 0 Å². The minimum atomic E-state index is -3.41. The Kier molecular flexibility index (Phi) is 5.56. The fraction of sp³-hybridized carbons (Fsp3) is 0.316. The number of benzene rings is 1. The minimum absolute atomic E-state index is 0.0482. The maximum Gasteiger partial charge on any atom is 0.218 e. The lowest BCUT2D eigenvalue weighted by molar-refractivity contribution is 0.0729. The van der Waals surface area contributed by atoms with Gasteiger partial charge in [-0.2, -0.15) is 4.31 Å². The second kappa shape index (κ2) is 8.27. The van der Waals surface area contributed by atoms with Gasteiger partial charge < -0.3 is 15.8 Å². The highest BCUT2D eigenvalue weighted by Gasteiger charge is 2.25. The fourth-order valence-electron chi connectivity index (χ4n) is 3.26. The molecule has 0 aliphatic carbocycles. The molecule has 0 saturated carbocycles. The van der Waals surface area contributed by atoms with Crippen LogP contribution in [0.5, 0.6) is 0 Å². The van der Waals surface area contributed by atoms with Crippen molar-refractivity contribution in [1.29, 1.82) is 0 Å². The number of hydrogen-bond acceptors (Lipinski definition) is 8. The molecule has 29 heavy (non-hydrogen) atoms. The van der Waals surface area contributed by atoms with Gasteiger partial charge in [-0.05, 0) is 23.3 Å². The molecule has 0 atom stereocenters. The zero-order chi connectivity index (χ0) is 20.3. The van der Waals surface area contributed by atoms with E-state index in [9.17, 15) is 8.42 Å². The Morgan fingerprint density at radius 1 is 1.07 bits per heavy atom. The van der Waals surface area contributed by atoms with Crippen molar-refractivity contribution in [2.24, 2.45) is 0 Å². The van der Waals surface area contributed by atoms with Gasteiger partial charge in [0.2, 0.25) is 10.0 Å². The van der Waals surface area contributed by atoms with Gasteiger partial charge in [-0.1, -0.05) is 24.3 Å². The van der Waals surface area contributed by atoms with E-state index in [1.165, 1.54) is 10.6 Å². The number of fused-ring (bicyclic) bond motifs is 1. The van der Waals surface area contributed by atoms with Gasteiger partial charge in [-0.15, -0.1) is 0 Å². The molecule has 1 aromatic carbocycles. The van der Waals surface area contributed by atoms with Crippen molar-refractivity contribution >= 4 is 32.7 Å². The van der Waals surface area contributed by atoms with Gasteiger partial charge in [0.25, 0.3) is 0 Å². The molecule has 4 rings (SSSR count). The Bertz CT molecular complexity index is 1120. The maximum atomic E-state index is 12.8. The topological polar surface area (TPSA) is 123 Å². The summed E-state index contributed by atoms with van der Waals surface area (Å²) in [6.45, 7) is 2.08. The molecule has 1 fully saturated rings. The Morgan fingerprint density at radius 3 is 2.62 bits per heavy atom. The number of pyridine rings is 1. The number of nitrogen functional groups attached to an aromatic ring is 1. The molecule has 1 aliphatic rings. The summed E-state index contributed by atoms with van der Waals surface area (Å²) in [5.74, 6) is 0.960. The number of sulfonamides is 1. The van der Waals surface area contributed by atoms with Gasteiger partial charge in [0.15, 0.2) is 5.65 Å². The lowest BCUT2D eigenvalue weighted by Gasteiger charge is -2.26. The Hall–Kier alpha value is -2.82. The molecule has 0 spiro atoms. The van der Waals surface area contributed by atoms with E-state index in [1.54, 1.807) is 6.07 Å². The van der Waals surface area contributed by atoms with E-state index >= 15 is 0 Å². The van der Waals surface area contributed by atoms with Gasteiger partial charge in [0.1, 0.15) is 18.0 Å². The molecule has 9 nitrogen and oxygen atoms in total. The molecule has 1 aliphatic heterocycles. The minimum Gasteiger partial charge on any atom is -0.384 e. The molecule has 0 amide bonds. The van der Waals surface area contributed by atoms with Gasteiger partial charge >= 0.3 is 0 Å². The van der Waals surface area contributed by atoms with Crippen molar-refractivity contribution in [2.45, 2.75) is 12.3 Å². The van der Waals surface area contributed by atoms with E-state index < -0.39 is 10.0 Å². The summed E-state index contributed by atoms with van der Waals surface area (Å²) in [7, 11) is -3.41. The average Bonchev–Trinajstić information content (AvgIpc) is 2.73. The van der Waals surface area contributed by atoms with Crippen molar-refractivity contribution < 1.29 is 13.2 Å². The van der Waals surface area contributed by atoms with Crippen LogP contribution in [0.4, 0.5) is 11.6 Å². The van der Waals surface area contributed by atoms with Crippen LogP contribution in [0.15, 0.2) is 42.7 Å². The highest BCUT2D eigenvalue weighted by molar-refractivity contribution is 7.88. The first-order valence-electron chi connectivity index (χ1n) is 9.26. The summed E-state index contributed by atoms with van der Waals surface area (Å²) >= 11 is 0. The highest BCUT2D eigenvalue weighted by Crippen LogP contribution is 2.21. The number of nitrogens with zero attached hydrogens (tertiary/aromatic N) is 4. The molecule has 3 heterocycles. The van der Waals surface area contributed by atoms with Gasteiger partial charge in [0.05, 0.1) is 24.4 Å². The first-order valence-corrected chi connectivity index (χ1v) is 10.9. The van der Waals surface area contributed by atoms with E-state index in [-0.39, 0.29) is 5.75 Å². The number of aromatic nitrogens is 3. The van der Waals surface area contributed by atoms with Crippen LogP contribution in [0.3, 0.4) is 0 Å². The molecule has 3 N–H and O–H groups in total. The van der Waals surface area contributed by atoms with Crippen LogP contribution in [0.25, 0.3) is 11.0 Å². The number of ether oxygens (including phenoxy) is 1. The lowest BCUT2D eigenvalue weighted by Crippen LogP contribution is -2.41. The molecule has 3 aromatic rings. The Balaban J connectivity index is 1.53. The monoisotopic (exact) mass is 414 g/mol. The van der Waals surface area contributed by atoms with Gasteiger partial charge in [-0.25, -0.2) is 23.4 Å². The predicted molar refractivity (Wildman–Crippen MR) is 111 cm³/mol. The Labute approximate surface area is 169 Å². The Morgan fingerprint density at radius 2 is 1.83 bits per heavy atom. The third-order valence-electron chi connectivity index (χ3n) is 4.78. The summed E-state index contributed by atoms with van der Waals surface area (Å²) < 4.78 is 32.3. The van der Waals surface area contributed by atoms with Crippen molar-refractivity contribution in [3.05, 3.63) is 53.9 Å². The smallest absolute Gasteiger partial charge is 0.218 e. The van der Waals surface area contributed by atoms with Crippen molar-refractivity contribution in [3.63, 3.8) is 0 Å². The third kappa shape index (κ3) is 4.44. The molecule has 0 radical (unpaired) electrons. The SMILES string of the molecule is Nc1ccc2c(NCc3ccccc3CS(=O)(=O)N3CCOCC3)ncnc2n1. The fourth-order valence-corrected chi connectivity index (χ4v) is 4.82. The van der Waals surface area contributed by atoms with Crippen LogP contribution >= 0.6 is 0 Å².